The topological polar surface area (TPSA) is 69.6 Å². The molecule has 198 valence electrons. The number of aliphatic hydroxyl groups excluding tert-OH is 2. The van der Waals surface area contributed by atoms with E-state index in [1.165, 1.54) is 70.6 Å². The second-order valence-electron chi connectivity index (χ2n) is 10.9. The molecule has 0 aromatic carbocycles. The molecule has 5 nitrogen and oxygen atoms in total. The van der Waals surface area contributed by atoms with Crippen LogP contribution in [0.15, 0.2) is 0 Å². The van der Waals surface area contributed by atoms with Crippen LogP contribution in [0.25, 0.3) is 0 Å². The first-order chi connectivity index (χ1) is 15.8. The van der Waals surface area contributed by atoms with Crippen molar-refractivity contribution in [1.82, 2.24) is 5.32 Å². The zero-order chi connectivity index (χ0) is 24.8. The van der Waals surface area contributed by atoms with Gasteiger partial charge in [-0.2, -0.15) is 0 Å². The maximum Gasteiger partial charge on any atom is 0.222 e. The van der Waals surface area contributed by atoms with Gasteiger partial charge in [-0.25, -0.2) is 0 Å². The quantitative estimate of drug-likeness (QED) is 0.120. The highest BCUT2D eigenvalue weighted by Gasteiger charge is 2.19. The van der Waals surface area contributed by atoms with Crippen LogP contribution in [0.3, 0.4) is 0 Å². The van der Waals surface area contributed by atoms with Gasteiger partial charge in [-0.1, -0.05) is 104 Å². The van der Waals surface area contributed by atoms with Gasteiger partial charge < -0.3 is 20.0 Å². The first-order valence-electron chi connectivity index (χ1n) is 14.3. The Bertz CT molecular complexity index is 443. The molecule has 0 aliphatic rings. The number of rotatable bonds is 24. The minimum absolute atomic E-state index is 0.0477. The monoisotopic (exact) mass is 471 g/mol. The predicted octanol–water partition coefficient (Wildman–Crippen LogP) is 5.96. The summed E-state index contributed by atoms with van der Waals surface area (Å²) in [5, 5.41) is 23.1. The zero-order valence-corrected chi connectivity index (χ0v) is 22.8. The number of carbonyl (C=O) groups is 1. The highest BCUT2D eigenvalue weighted by atomic mass is 16.3. The molecular weight excluding hydrogens is 412 g/mol. The first kappa shape index (κ1) is 32.4. The molecule has 2 atom stereocenters. The maximum absolute atomic E-state index is 12.1. The van der Waals surface area contributed by atoms with Crippen molar-refractivity contribution < 1.29 is 19.5 Å². The summed E-state index contributed by atoms with van der Waals surface area (Å²) in [7, 11) is 4.25. The lowest BCUT2D eigenvalue weighted by atomic mass is 10.0. The number of hydrogen-bond acceptors (Lipinski definition) is 3. The molecule has 0 aliphatic heterocycles. The van der Waals surface area contributed by atoms with Crippen LogP contribution in [0.2, 0.25) is 0 Å². The maximum atomic E-state index is 12.1. The van der Waals surface area contributed by atoms with Crippen molar-refractivity contribution in [3.63, 3.8) is 0 Å². The second-order valence-corrected chi connectivity index (χ2v) is 10.9. The molecule has 0 saturated heterocycles. The number of hydrogen-bond donors (Lipinski definition) is 3. The summed E-state index contributed by atoms with van der Waals surface area (Å²) in [6.45, 7) is 6.66. The van der Waals surface area contributed by atoms with Gasteiger partial charge in [0.25, 0.3) is 0 Å². The van der Waals surface area contributed by atoms with E-state index >= 15 is 0 Å². The van der Waals surface area contributed by atoms with Crippen molar-refractivity contribution in [2.75, 3.05) is 33.7 Å². The molecule has 0 fully saturated rings. The highest BCUT2D eigenvalue weighted by molar-refractivity contribution is 5.76. The number of aliphatic hydroxyl groups is 2. The minimum Gasteiger partial charge on any atom is -0.393 e. The van der Waals surface area contributed by atoms with E-state index in [4.69, 9.17) is 0 Å². The number of amides is 1. The third-order valence-corrected chi connectivity index (χ3v) is 6.65. The van der Waals surface area contributed by atoms with Gasteiger partial charge in [0.05, 0.1) is 33.2 Å². The number of quaternary nitrogens is 1. The van der Waals surface area contributed by atoms with Crippen molar-refractivity contribution in [2.24, 2.45) is 0 Å². The fourth-order valence-electron chi connectivity index (χ4n) is 4.61. The molecule has 0 spiro atoms. The number of likely N-dealkylation sites (N-methyl/N-ethyl adjacent to an activating group) is 1. The Morgan fingerprint density at radius 2 is 1.21 bits per heavy atom. The van der Waals surface area contributed by atoms with Crippen LogP contribution < -0.4 is 5.32 Å². The highest BCUT2D eigenvalue weighted by Crippen LogP contribution is 2.14. The van der Waals surface area contributed by atoms with E-state index in [-0.39, 0.29) is 18.4 Å². The van der Waals surface area contributed by atoms with Crippen molar-refractivity contribution in [3.05, 3.63) is 0 Å². The summed E-state index contributed by atoms with van der Waals surface area (Å²) in [6, 6.07) is 0. The summed E-state index contributed by atoms with van der Waals surface area (Å²) in [5.74, 6) is -0.0477. The molecule has 0 rings (SSSR count). The van der Waals surface area contributed by atoms with Gasteiger partial charge in [-0.05, 0) is 12.8 Å². The summed E-state index contributed by atoms with van der Waals surface area (Å²) in [6.07, 6.45) is 20.1. The number of nitrogens with zero attached hydrogens (tertiary/aromatic N) is 1. The van der Waals surface area contributed by atoms with Crippen molar-refractivity contribution in [2.45, 2.75) is 142 Å². The molecule has 0 saturated carbocycles. The van der Waals surface area contributed by atoms with Gasteiger partial charge in [0.2, 0.25) is 5.91 Å². The van der Waals surface area contributed by atoms with Crippen molar-refractivity contribution >= 4 is 5.91 Å². The van der Waals surface area contributed by atoms with Crippen LogP contribution >= 0.6 is 0 Å². The normalized spacial score (nSPS) is 13.8. The van der Waals surface area contributed by atoms with Gasteiger partial charge >= 0.3 is 0 Å². The summed E-state index contributed by atoms with van der Waals surface area (Å²) < 4.78 is 0.763. The fourth-order valence-corrected chi connectivity index (χ4v) is 4.61. The van der Waals surface area contributed by atoms with Gasteiger partial charge in [-0.15, -0.1) is 0 Å². The van der Waals surface area contributed by atoms with Crippen LogP contribution in [-0.2, 0) is 4.79 Å². The lowest BCUT2D eigenvalue weighted by molar-refractivity contribution is -0.893. The number of nitrogens with one attached hydrogen (secondary N) is 1. The van der Waals surface area contributed by atoms with E-state index in [9.17, 15) is 15.0 Å². The van der Waals surface area contributed by atoms with Crippen molar-refractivity contribution in [1.29, 1.82) is 0 Å². The Balaban J connectivity index is 3.54. The van der Waals surface area contributed by atoms with Crippen LogP contribution in [0.4, 0.5) is 0 Å². The molecule has 1 unspecified atom stereocenters. The van der Waals surface area contributed by atoms with Crippen LogP contribution in [-0.4, -0.2) is 66.5 Å². The van der Waals surface area contributed by atoms with Gasteiger partial charge in [0.15, 0.2) is 0 Å². The molecule has 0 bridgehead atoms. The Hall–Kier alpha value is -0.650. The summed E-state index contributed by atoms with van der Waals surface area (Å²) in [4.78, 5) is 12.1. The predicted molar refractivity (Wildman–Crippen MR) is 141 cm³/mol. The Morgan fingerprint density at radius 1 is 0.697 bits per heavy atom. The minimum atomic E-state index is -0.519. The van der Waals surface area contributed by atoms with E-state index in [0.29, 0.717) is 6.54 Å². The Morgan fingerprint density at radius 3 is 1.73 bits per heavy atom. The zero-order valence-electron chi connectivity index (χ0n) is 22.8. The van der Waals surface area contributed by atoms with E-state index in [1.807, 2.05) is 0 Å². The largest absolute Gasteiger partial charge is 0.393 e. The van der Waals surface area contributed by atoms with E-state index in [1.54, 1.807) is 0 Å². The molecule has 0 aliphatic carbocycles. The van der Waals surface area contributed by atoms with Gasteiger partial charge in [0.1, 0.15) is 12.6 Å². The molecule has 0 radical (unpaired) electrons. The molecule has 3 N–H and O–H groups in total. The van der Waals surface area contributed by atoms with Crippen LogP contribution in [0.1, 0.15) is 129 Å². The van der Waals surface area contributed by atoms with Gasteiger partial charge in [-0.3, -0.25) is 4.79 Å². The first-order valence-corrected chi connectivity index (χ1v) is 14.3. The molecule has 33 heavy (non-hydrogen) atoms. The second kappa shape index (κ2) is 21.9. The third kappa shape index (κ3) is 22.9. The summed E-state index contributed by atoms with van der Waals surface area (Å²) in [5.41, 5.74) is 0. The fraction of sp³-hybridized carbons (Fsp3) is 0.964. The summed E-state index contributed by atoms with van der Waals surface area (Å²) >= 11 is 0. The average molecular weight is 472 g/mol. The van der Waals surface area contributed by atoms with E-state index in [2.05, 4.69) is 33.3 Å². The lowest BCUT2D eigenvalue weighted by Crippen LogP contribution is -2.46. The Labute approximate surface area is 206 Å². The molecule has 0 heterocycles. The molecule has 1 amide bonds. The lowest BCUT2D eigenvalue weighted by Gasteiger charge is -2.32. The molecule has 5 heteroatoms. The average Bonchev–Trinajstić information content (AvgIpc) is 2.74. The molecule has 0 aromatic rings. The van der Waals surface area contributed by atoms with E-state index in [0.717, 1.165) is 56.1 Å². The Kier molecular flexibility index (Phi) is 21.4. The third-order valence-electron chi connectivity index (χ3n) is 6.65. The van der Waals surface area contributed by atoms with E-state index < -0.39 is 6.10 Å². The van der Waals surface area contributed by atoms with Crippen LogP contribution in [0, 0.1) is 0 Å². The smallest absolute Gasteiger partial charge is 0.222 e. The number of unbranched alkanes of at least 4 members (excludes halogenated alkanes) is 12. The standard InChI is InChI=1S/C28H58N2O3/c1-5-7-8-9-10-11-12-13-14-15-16-17-18-21-26(31)24-28(33)29-22-19-23-30(3,4)25-27(32)20-6-2/h26-27,31-32H,5-25H2,1-4H3/p+1/t26-,27?/m1/s1. The molecular formula is C28H59N2O3+. The SMILES string of the molecule is CCCCCCCCCCCCCCC[C@@H](O)CC(=O)NCCC[N+](C)(C)CC(O)CCC. The van der Waals surface area contributed by atoms with Gasteiger partial charge in [0, 0.05) is 13.0 Å². The van der Waals surface area contributed by atoms with Crippen LogP contribution in [0.5, 0.6) is 0 Å². The number of carbonyl (C=O) groups excluding carboxylic acids is 1. The molecule has 0 aromatic heterocycles. The van der Waals surface area contributed by atoms with Crippen molar-refractivity contribution in [3.8, 4) is 0 Å².